The van der Waals surface area contributed by atoms with Gasteiger partial charge in [-0.3, -0.25) is 24.3 Å². The minimum absolute atomic E-state index is 0.0337. The number of ether oxygens (including phenoxy) is 6. The molecule has 0 bridgehead atoms. The van der Waals surface area contributed by atoms with Gasteiger partial charge in [-0.2, -0.15) is 0 Å². The molecule has 3 amide bonds. The lowest BCUT2D eigenvalue weighted by molar-refractivity contribution is -0.124. The third-order valence-electron chi connectivity index (χ3n) is 9.33. The maximum Gasteiger partial charge on any atom is 0.262 e. The van der Waals surface area contributed by atoms with E-state index in [1.165, 1.54) is 19.2 Å². The highest BCUT2D eigenvalue weighted by Crippen LogP contribution is 2.34. The van der Waals surface area contributed by atoms with Crippen molar-refractivity contribution in [3.05, 3.63) is 83.3 Å². The Balaban J connectivity index is 0.00000326. The molecule has 1 N–H and O–H groups in total. The summed E-state index contributed by atoms with van der Waals surface area (Å²) >= 11 is 6.42. The normalized spacial score (nSPS) is 12.7. The second kappa shape index (κ2) is 22.6. The number of aryl methyl sites for hydroxylation is 1. The Morgan fingerprint density at radius 3 is 2.02 bits per heavy atom. The average molecular weight is 832 g/mol. The number of likely N-dealkylation sites (N-methyl/N-ethyl adjacent to an activating group) is 1. The number of benzene rings is 2. The molecule has 0 saturated heterocycles. The number of carbonyl (C=O) groups excluding carboxylic acids is 4. The molecule has 0 spiro atoms. The summed E-state index contributed by atoms with van der Waals surface area (Å²) in [5, 5.41) is 5.18. The van der Waals surface area contributed by atoms with Crippen molar-refractivity contribution >= 4 is 57.4 Å². The van der Waals surface area contributed by atoms with Crippen molar-refractivity contribution in [1.29, 1.82) is 0 Å². The molecule has 0 fully saturated rings. The van der Waals surface area contributed by atoms with Crippen LogP contribution in [0.1, 0.15) is 47.4 Å². The van der Waals surface area contributed by atoms with E-state index in [0.717, 1.165) is 37.8 Å². The predicted octanol–water partition coefficient (Wildman–Crippen LogP) is 5.68. The monoisotopic (exact) mass is 831 g/mol. The highest BCUT2D eigenvalue weighted by molar-refractivity contribution is 6.36. The minimum atomic E-state index is -1.08. The van der Waals surface area contributed by atoms with Crippen molar-refractivity contribution in [2.45, 2.75) is 32.7 Å². The molecule has 5 aromatic rings. The Morgan fingerprint density at radius 1 is 0.763 bits per heavy atom. The van der Waals surface area contributed by atoms with Gasteiger partial charge in [-0.1, -0.05) is 37.6 Å². The van der Waals surface area contributed by atoms with Gasteiger partial charge >= 0.3 is 0 Å². The zero-order chi connectivity index (χ0) is 42.1. The highest BCUT2D eigenvalue weighted by atomic mass is 35.5. The third kappa shape index (κ3) is 11.2. The number of aromatic nitrogens is 3. The van der Waals surface area contributed by atoms with Crippen molar-refractivity contribution in [3.8, 4) is 22.8 Å². The first-order valence-electron chi connectivity index (χ1n) is 19.5. The number of carbonyl (C=O) groups is 4. The molecule has 1 unspecified atom stereocenters. The summed E-state index contributed by atoms with van der Waals surface area (Å²) in [6, 6.07) is 13.6. The number of nitrogens with one attached hydrogen (secondary N) is 1. The van der Waals surface area contributed by atoms with Gasteiger partial charge in [-0.05, 0) is 42.3 Å². The molecule has 0 saturated carbocycles. The van der Waals surface area contributed by atoms with Gasteiger partial charge in [-0.15, -0.1) is 0 Å². The number of hydrogen-bond acceptors (Lipinski definition) is 12. The van der Waals surface area contributed by atoms with Crippen LogP contribution < -0.4 is 14.8 Å². The quantitative estimate of drug-likeness (QED) is 0.0486. The number of fused-ring (bicyclic) bond motifs is 4. The molecule has 314 valence electrons. The molecule has 6 rings (SSSR count). The van der Waals surface area contributed by atoms with Crippen LogP contribution in [0, 0.1) is 0 Å². The minimum Gasteiger partial charge on any atom is -0.491 e. The Morgan fingerprint density at radius 2 is 1.39 bits per heavy atom. The van der Waals surface area contributed by atoms with E-state index in [-0.39, 0.29) is 37.2 Å². The number of imide groups is 1. The number of aldehydes is 1. The molecule has 15 nitrogen and oxygen atoms in total. The first-order valence-corrected chi connectivity index (χ1v) is 19.9. The van der Waals surface area contributed by atoms with Crippen LogP contribution >= 0.6 is 11.6 Å². The van der Waals surface area contributed by atoms with Crippen LogP contribution in [0.5, 0.6) is 11.6 Å². The van der Waals surface area contributed by atoms with Crippen LogP contribution in [0.4, 0.5) is 0 Å². The summed E-state index contributed by atoms with van der Waals surface area (Å²) in [6.07, 6.45) is 6.01. The van der Waals surface area contributed by atoms with Gasteiger partial charge in [0.25, 0.3) is 11.8 Å². The Bertz CT molecular complexity index is 2200. The molecule has 4 heterocycles. The van der Waals surface area contributed by atoms with Gasteiger partial charge in [-0.25, -0.2) is 4.98 Å². The van der Waals surface area contributed by atoms with E-state index in [1.54, 1.807) is 18.5 Å². The smallest absolute Gasteiger partial charge is 0.262 e. The lowest BCUT2D eigenvalue weighted by atomic mass is 10.1. The number of halogens is 1. The first kappa shape index (κ1) is 44.6. The molecule has 59 heavy (non-hydrogen) atoms. The van der Waals surface area contributed by atoms with Crippen molar-refractivity contribution in [3.63, 3.8) is 0 Å². The van der Waals surface area contributed by atoms with E-state index < -0.39 is 23.8 Å². The summed E-state index contributed by atoms with van der Waals surface area (Å²) < 4.78 is 35.7. The van der Waals surface area contributed by atoms with Gasteiger partial charge in [0.1, 0.15) is 31.3 Å². The second-order valence-corrected chi connectivity index (χ2v) is 13.3. The topological polar surface area (TPSA) is 170 Å². The molecule has 16 heteroatoms. The van der Waals surface area contributed by atoms with Crippen LogP contribution in [0.3, 0.4) is 0 Å². The fourth-order valence-electron chi connectivity index (χ4n) is 6.51. The molecule has 0 radical (unpaired) electrons. The summed E-state index contributed by atoms with van der Waals surface area (Å²) in [6.45, 7) is 7.62. The fraction of sp³-hybridized carbons (Fsp3) is 0.395. The predicted molar refractivity (Wildman–Crippen MR) is 222 cm³/mol. The number of nitrogens with zero attached hydrogens (tertiary/aromatic N) is 4. The maximum absolute atomic E-state index is 13.1. The second-order valence-electron chi connectivity index (χ2n) is 12.9. The first-order chi connectivity index (χ1) is 28.8. The van der Waals surface area contributed by atoms with Crippen LogP contribution in [-0.2, 0) is 35.6 Å². The van der Waals surface area contributed by atoms with E-state index >= 15 is 0 Å². The summed E-state index contributed by atoms with van der Waals surface area (Å²) in [5.41, 5.74) is 4.35. The van der Waals surface area contributed by atoms with Gasteiger partial charge in [0.2, 0.25) is 11.8 Å². The largest absolute Gasteiger partial charge is 0.491 e. The lowest BCUT2D eigenvalue weighted by Crippen LogP contribution is -2.48. The Hall–Kier alpha value is -5.45. The molecule has 3 aromatic heterocycles. The average Bonchev–Trinajstić information content (AvgIpc) is 3.69. The number of rotatable bonds is 23. The summed E-state index contributed by atoms with van der Waals surface area (Å²) in [7, 11) is 3.41. The third-order valence-corrected chi connectivity index (χ3v) is 9.60. The van der Waals surface area contributed by atoms with E-state index in [0.29, 0.717) is 75.8 Å². The molecule has 1 aliphatic rings. The van der Waals surface area contributed by atoms with E-state index in [9.17, 15) is 19.2 Å². The van der Waals surface area contributed by atoms with Gasteiger partial charge in [0.15, 0.2) is 0 Å². The molecular formula is C43H50ClN5O10. The molecular weight excluding hydrogens is 782 g/mol. The van der Waals surface area contributed by atoms with Gasteiger partial charge in [0, 0.05) is 67.0 Å². The van der Waals surface area contributed by atoms with Crippen molar-refractivity contribution in [1.82, 2.24) is 24.8 Å². The van der Waals surface area contributed by atoms with Crippen LogP contribution in [-0.4, -0.2) is 123 Å². The maximum atomic E-state index is 13.1. The summed E-state index contributed by atoms with van der Waals surface area (Å²) in [5.74, 6) is -0.810. The standard InChI is InChI=1S/C41H44ClN5O10.C2H6/c1-43-39(49)35(4-3-11-48)47-40(50)31-9-7-29(23-32(31)41(47)51)56-20-18-54-16-14-52-12-13-53-15-17-55-19-21-57-37-10-6-28(24-45-37)27-5-8-30-33-25-44-26-34(42)38(33)46(2)36(30)22-27;1-2/h5-11,22-26,35H,3-4,12-21H2,1-2H3,(H,43,49);1-2H3. The fourth-order valence-corrected chi connectivity index (χ4v) is 6.79. The number of hydrogen-bond donors (Lipinski definition) is 1. The van der Waals surface area contributed by atoms with Crippen molar-refractivity contribution in [2.75, 3.05) is 73.1 Å². The van der Waals surface area contributed by atoms with E-state index in [4.69, 9.17) is 40.0 Å². The molecule has 0 aliphatic carbocycles. The van der Waals surface area contributed by atoms with Crippen LogP contribution in [0.2, 0.25) is 5.02 Å². The molecule has 2 aromatic carbocycles. The Kier molecular flexibility index (Phi) is 17.1. The zero-order valence-electron chi connectivity index (χ0n) is 33.7. The number of amides is 3. The van der Waals surface area contributed by atoms with Crippen LogP contribution in [0.25, 0.3) is 32.9 Å². The zero-order valence-corrected chi connectivity index (χ0v) is 34.5. The Labute approximate surface area is 347 Å². The van der Waals surface area contributed by atoms with Crippen molar-refractivity contribution < 1.29 is 47.6 Å². The molecule has 1 atom stereocenters. The van der Waals surface area contributed by atoms with E-state index in [1.807, 2.05) is 39.2 Å². The number of pyridine rings is 2. The highest BCUT2D eigenvalue weighted by Gasteiger charge is 2.42. The van der Waals surface area contributed by atoms with E-state index in [2.05, 4.69) is 38.1 Å². The SMILES string of the molecule is CC.CNC(=O)C(CCC=O)N1C(=O)c2ccc(OCCOCCOCCOCCOCCOc3ccc(-c4ccc5c6cncc(Cl)c6n(C)c5c4)cn3)cc2C1=O. The van der Waals surface area contributed by atoms with Gasteiger partial charge in [0.05, 0.1) is 74.5 Å². The lowest BCUT2D eigenvalue weighted by Gasteiger charge is -2.24. The molecule has 1 aliphatic heterocycles. The van der Waals surface area contributed by atoms with Gasteiger partial charge < -0.3 is 43.1 Å². The van der Waals surface area contributed by atoms with Crippen molar-refractivity contribution in [2.24, 2.45) is 7.05 Å². The summed E-state index contributed by atoms with van der Waals surface area (Å²) in [4.78, 5) is 58.8. The van der Waals surface area contributed by atoms with Crippen LogP contribution in [0.15, 0.2) is 67.1 Å².